The van der Waals surface area contributed by atoms with E-state index in [1.165, 1.54) is 69.0 Å². The number of hydrogen-bond acceptors (Lipinski definition) is 2. The predicted octanol–water partition coefficient (Wildman–Crippen LogP) is 3.83. The van der Waals surface area contributed by atoms with Gasteiger partial charge in [0.05, 0.1) is 5.54 Å². The van der Waals surface area contributed by atoms with Gasteiger partial charge in [-0.3, -0.25) is 4.90 Å². The van der Waals surface area contributed by atoms with E-state index in [0.29, 0.717) is 0 Å². The Labute approximate surface area is 129 Å². The van der Waals surface area contributed by atoms with Crippen LogP contribution in [0.2, 0.25) is 0 Å². The standard InChI is InChI=1S/C19H30N2/c1-2-8-17-11-5-6-14-21(17)19(15-20)13-7-10-16-9-3-4-12-18(16)19/h3-4,9,12,17H,2,5-8,10-11,13-15,20H2,1H3. The van der Waals surface area contributed by atoms with Crippen molar-refractivity contribution in [3.05, 3.63) is 35.4 Å². The molecule has 0 saturated carbocycles. The lowest BCUT2D eigenvalue weighted by Crippen LogP contribution is -2.58. The highest BCUT2D eigenvalue weighted by Gasteiger charge is 2.43. The Balaban J connectivity index is 2.00. The number of benzene rings is 1. The monoisotopic (exact) mass is 286 g/mol. The second-order valence-electron chi connectivity index (χ2n) is 6.88. The number of fused-ring (bicyclic) bond motifs is 1. The number of aryl methyl sites for hydroxylation is 1. The van der Waals surface area contributed by atoms with E-state index in [2.05, 4.69) is 36.1 Å². The number of piperidine rings is 1. The molecule has 0 aromatic heterocycles. The number of nitrogens with zero attached hydrogens (tertiary/aromatic N) is 1. The van der Waals surface area contributed by atoms with Crippen molar-refractivity contribution in [2.75, 3.05) is 13.1 Å². The van der Waals surface area contributed by atoms with E-state index in [1.807, 2.05) is 0 Å². The average molecular weight is 286 g/mol. The van der Waals surface area contributed by atoms with Crippen molar-refractivity contribution in [2.24, 2.45) is 5.73 Å². The maximum absolute atomic E-state index is 6.40. The molecule has 1 saturated heterocycles. The molecule has 0 bridgehead atoms. The van der Waals surface area contributed by atoms with E-state index in [-0.39, 0.29) is 5.54 Å². The smallest absolute Gasteiger partial charge is 0.0588 e. The van der Waals surface area contributed by atoms with E-state index in [0.717, 1.165) is 12.6 Å². The maximum Gasteiger partial charge on any atom is 0.0588 e. The normalized spacial score (nSPS) is 30.1. The Morgan fingerprint density at radius 3 is 2.90 bits per heavy atom. The van der Waals surface area contributed by atoms with Crippen molar-refractivity contribution < 1.29 is 0 Å². The summed E-state index contributed by atoms with van der Waals surface area (Å²) in [6.07, 6.45) is 10.4. The third kappa shape index (κ3) is 2.64. The zero-order valence-electron chi connectivity index (χ0n) is 13.5. The van der Waals surface area contributed by atoms with Gasteiger partial charge in [0.2, 0.25) is 0 Å². The number of nitrogens with two attached hydrogens (primary N) is 1. The maximum atomic E-state index is 6.40. The molecule has 1 aliphatic heterocycles. The van der Waals surface area contributed by atoms with Gasteiger partial charge in [-0.2, -0.15) is 0 Å². The quantitative estimate of drug-likeness (QED) is 0.911. The highest BCUT2D eigenvalue weighted by molar-refractivity contribution is 5.37. The molecule has 21 heavy (non-hydrogen) atoms. The lowest BCUT2D eigenvalue weighted by Gasteiger charge is -2.52. The lowest BCUT2D eigenvalue weighted by molar-refractivity contribution is 0.00308. The molecule has 116 valence electrons. The minimum absolute atomic E-state index is 0.106. The topological polar surface area (TPSA) is 29.3 Å². The molecule has 1 aromatic carbocycles. The van der Waals surface area contributed by atoms with Crippen LogP contribution in [0.5, 0.6) is 0 Å². The molecule has 2 heteroatoms. The minimum atomic E-state index is 0.106. The van der Waals surface area contributed by atoms with Crippen LogP contribution >= 0.6 is 0 Å². The fourth-order valence-electron chi connectivity index (χ4n) is 4.72. The van der Waals surface area contributed by atoms with Crippen LogP contribution in [0.15, 0.2) is 24.3 Å². The molecule has 2 N–H and O–H groups in total. The first-order valence-electron chi connectivity index (χ1n) is 8.87. The van der Waals surface area contributed by atoms with Gasteiger partial charge < -0.3 is 5.73 Å². The Morgan fingerprint density at radius 2 is 2.10 bits per heavy atom. The third-order valence-electron chi connectivity index (χ3n) is 5.69. The molecule has 0 amide bonds. The molecule has 3 rings (SSSR count). The average Bonchev–Trinajstić information content (AvgIpc) is 2.55. The summed E-state index contributed by atoms with van der Waals surface area (Å²) in [4.78, 5) is 2.80. The SMILES string of the molecule is CCCC1CCCCN1C1(CN)CCCc2ccccc21. The number of hydrogen-bond donors (Lipinski definition) is 1. The number of likely N-dealkylation sites (tertiary alicyclic amines) is 1. The lowest BCUT2D eigenvalue weighted by atomic mass is 9.73. The van der Waals surface area contributed by atoms with E-state index < -0.39 is 0 Å². The predicted molar refractivity (Wildman–Crippen MR) is 89.4 cm³/mol. The van der Waals surface area contributed by atoms with E-state index in [9.17, 15) is 0 Å². The van der Waals surface area contributed by atoms with Crippen molar-refractivity contribution in [1.82, 2.24) is 4.90 Å². The van der Waals surface area contributed by atoms with Crippen molar-refractivity contribution in [2.45, 2.75) is 69.9 Å². The van der Waals surface area contributed by atoms with Crippen LogP contribution in [0.1, 0.15) is 63.0 Å². The van der Waals surface area contributed by atoms with Gasteiger partial charge in [-0.15, -0.1) is 0 Å². The van der Waals surface area contributed by atoms with Crippen LogP contribution < -0.4 is 5.73 Å². The Morgan fingerprint density at radius 1 is 1.24 bits per heavy atom. The first-order valence-corrected chi connectivity index (χ1v) is 8.87. The van der Waals surface area contributed by atoms with Crippen molar-refractivity contribution in [3.63, 3.8) is 0 Å². The first kappa shape index (κ1) is 15.1. The first-order chi connectivity index (χ1) is 10.3. The summed E-state index contributed by atoms with van der Waals surface area (Å²) >= 11 is 0. The summed E-state index contributed by atoms with van der Waals surface area (Å²) in [5.74, 6) is 0. The summed E-state index contributed by atoms with van der Waals surface area (Å²) in [7, 11) is 0. The third-order valence-corrected chi connectivity index (χ3v) is 5.69. The van der Waals surface area contributed by atoms with Gasteiger partial charge in [0.1, 0.15) is 0 Å². The van der Waals surface area contributed by atoms with E-state index in [1.54, 1.807) is 0 Å². The summed E-state index contributed by atoms with van der Waals surface area (Å²) in [5, 5.41) is 0. The molecule has 1 heterocycles. The Hall–Kier alpha value is -0.860. The number of rotatable bonds is 4. The van der Waals surface area contributed by atoms with Crippen molar-refractivity contribution >= 4 is 0 Å². The van der Waals surface area contributed by atoms with Crippen LogP contribution in [0.4, 0.5) is 0 Å². The summed E-state index contributed by atoms with van der Waals surface area (Å²) in [5.41, 5.74) is 9.57. The molecule has 0 spiro atoms. The van der Waals surface area contributed by atoms with Crippen LogP contribution in [0, 0.1) is 0 Å². The van der Waals surface area contributed by atoms with Gasteiger partial charge in [-0.1, -0.05) is 44.0 Å². The summed E-state index contributed by atoms with van der Waals surface area (Å²) in [6, 6.07) is 9.79. The second kappa shape index (κ2) is 6.50. The Kier molecular flexibility index (Phi) is 4.66. The summed E-state index contributed by atoms with van der Waals surface area (Å²) in [6.45, 7) is 4.32. The van der Waals surface area contributed by atoms with Crippen LogP contribution in [0.25, 0.3) is 0 Å². The molecular weight excluding hydrogens is 256 g/mol. The van der Waals surface area contributed by atoms with Gasteiger partial charge >= 0.3 is 0 Å². The second-order valence-corrected chi connectivity index (χ2v) is 6.88. The molecule has 2 atom stereocenters. The molecule has 1 aliphatic carbocycles. The largest absolute Gasteiger partial charge is 0.328 e. The zero-order valence-corrected chi connectivity index (χ0v) is 13.5. The molecule has 0 radical (unpaired) electrons. The molecular formula is C19H30N2. The van der Waals surface area contributed by atoms with Crippen LogP contribution in [0.3, 0.4) is 0 Å². The fourth-order valence-corrected chi connectivity index (χ4v) is 4.72. The van der Waals surface area contributed by atoms with Gasteiger partial charge in [-0.25, -0.2) is 0 Å². The van der Waals surface area contributed by atoms with Gasteiger partial charge in [0.15, 0.2) is 0 Å². The highest BCUT2D eigenvalue weighted by atomic mass is 15.2. The van der Waals surface area contributed by atoms with Gasteiger partial charge in [0, 0.05) is 12.6 Å². The van der Waals surface area contributed by atoms with Crippen LogP contribution in [-0.2, 0) is 12.0 Å². The van der Waals surface area contributed by atoms with Gasteiger partial charge in [0.25, 0.3) is 0 Å². The zero-order chi connectivity index (χ0) is 14.7. The highest BCUT2D eigenvalue weighted by Crippen LogP contribution is 2.43. The van der Waals surface area contributed by atoms with Crippen molar-refractivity contribution in [3.8, 4) is 0 Å². The molecule has 1 aromatic rings. The van der Waals surface area contributed by atoms with E-state index in [4.69, 9.17) is 5.73 Å². The summed E-state index contributed by atoms with van der Waals surface area (Å²) < 4.78 is 0. The van der Waals surface area contributed by atoms with Gasteiger partial charge in [-0.05, 0) is 56.2 Å². The molecule has 1 fully saturated rings. The molecule has 2 unspecified atom stereocenters. The minimum Gasteiger partial charge on any atom is -0.328 e. The van der Waals surface area contributed by atoms with E-state index >= 15 is 0 Å². The van der Waals surface area contributed by atoms with Crippen molar-refractivity contribution in [1.29, 1.82) is 0 Å². The molecule has 2 aliphatic rings. The fraction of sp³-hybridized carbons (Fsp3) is 0.684. The molecule has 2 nitrogen and oxygen atoms in total. The van der Waals surface area contributed by atoms with Crippen LogP contribution in [-0.4, -0.2) is 24.0 Å². The Bertz CT molecular complexity index is 468.